The molecule has 2 aromatic rings. The number of sulfonamides is 1. The molecule has 0 aliphatic carbocycles. The van der Waals surface area contributed by atoms with Gasteiger partial charge in [-0.05, 0) is 70.7 Å². The number of aryl methyl sites for hydroxylation is 3. The van der Waals surface area contributed by atoms with Crippen molar-refractivity contribution < 1.29 is 17.9 Å². The van der Waals surface area contributed by atoms with Crippen LogP contribution in [-0.4, -0.2) is 36.2 Å². The van der Waals surface area contributed by atoms with Crippen molar-refractivity contribution in [3.63, 3.8) is 0 Å². The summed E-state index contributed by atoms with van der Waals surface area (Å²) in [6, 6.07) is 5.20. The van der Waals surface area contributed by atoms with Gasteiger partial charge in [0.05, 0.1) is 10.6 Å². The van der Waals surface area contributed by atoms with E-state index in [0.29, 0.717) is 18.5 Å². The Hall–Kier alpha value is -2.39. The number of anilines is 1. The van der Waals surface area contributed by atoms with E-state index in [2.05, 4.69) is 9.71 Å². The molecule has 0 atom stereocenters. The minimum atomic E-state index is -3.57. The van der Waals surface area contributed by atoms with Crippen LogP contribution in [0.3, 0.4) is 0 Å². The normalized spacial score (nSPS) is 12.2. The molecule has 0 unspecified atom stereocenters. The molecular weight excluding hydrogens is 380 g/mol. The molecule has 3 N–H and O–H groups in total. The van der Waals surface area contributed by atoms with Crippen molar-refractivity contribution in [3.8, 4) is 0 Å². The highest BCUT2D eigenvalue weighted by atomic mass is 32.2. The molecule has 0 fully saturated rings. The Morgan fingerprint density at radius 1 is 1.21 bits per heavy atom. The van der Waals surface area contributed by atoms with Crippen molar-refractivity contribution >= 4 is 22.1 Å². The van der Waals surface area contributed by atoms with Gasteiger partial charge in [-0.3, -0.25) is 0 Å². The lowest BCUT2D eigenvalue weighted by Gasteiger charge is -2.19. The quantitative estimate of drug-likeness (QED) is 0.710. The monoisotopic (exact) mass is 408 g/mol. The maximum absolute atomic E-state index is 12.4. The summed E-state index contributed by atoms with van der Waals surface area (Å²) >= 11 is 0. The van der Waals surface area contributed by atoms with Crippen LogP contribution >= 0.6 is 0 Å². The number of nitrogen functional groups attached to an aromatic ring is 1. The van der Waals surface area contributed by atoms with Crippen LogP contribution in [0.15, 0.2) is 29.3 Å². The van der Waals surface area contributed by atoms with Gasteiger partial charge in [0.2, 0.25) is 16.0 Å². The minimum absolute atomic E-state index is 0.0417. The fraction of sp³-hybridized carbons (Fsp3) is 0.474. The van der Waals surface area contributed by atoms with Crippen LogP contribution in [0, 0.1) is 13.8 Å². The van der Waals surface area contributed by atoms with E-state index in [1.807, 2.05) is 19.9 Å². The van der Waals surface area contributed by atoms with Crippen molar-refractivity contribution in [2.75, 3.05) is 12.3 Å². The third-order valence-electron chi connectivity index (χ3n) is 3.78. The first-order valence-corrected chi connectivity index (χ1v) is 10.5. The molecule has 0 radical (unpaired) electrons. The van der Waals surface area contributed by atoms with Gasteiger partial charge in [0, 0.05) is 12.7 Å². The fourth-order valence-electron chi connectivity index (χ4n) is 2.67. The molecule has 0 aliphatic heterocycles. The van der Waals surface area contributed by atoms with Gasteiger partial charge >= 0.3 is 6.09 Å². The first kappa shape index (κ1) is 21.9. The van der Waals surface area contributed by atoms with Crippen molar-refractivity contribution in [2.24, 2.45) is 0 Å². The smallest absolute Gasteiger partial charge is 0.421 e. The molecule has 8 nitrogen and oxygen atoms in total. The number of hydrogen-bond donors (Lipinski definition) is 2. The maximum atomic E-state index is 12.4. The van der Waals surface area contributed by atoms with Gasteiger partial charge in [-0.25, -0.2) is 27.5 Å². The van der Waals surface area contributed by atoms with Crippen LogP contribution < -0.4 is 10.5 Å². The number of nitrogens with two attached hydrogens (primary N) is 1. The topological polar surface area (TPSA) is 116 Å². The highest BCUT2D eigenvalue weighted by Crippen LogP contribution is 2.15. The standard InChI is InChI=1S/C19H28N4O4S/c1-13-9-14(2)11-16(10-13)28(25,26)21-8-6-7-15-12-23(17(20)22-15)18(24)27-19(3,4)5/h9-12,21H,6-8H2,1-5H3,(H2,20,22). The third-order valence-corrected chi connectivity index (χ3v) is 5.22. The van der Waals surface area contributed by atoms with Gasteiger partial charge in [-0.2, -0.15) is 0 Å². The molecule has 1 heterocycles. The van der Waals surface area contributed by atoms with Crippen LogP contribution in [-0.2, 0) is 21.2 Å². The second-order valence-corrected chi connectivity index (χ2v) is 9.53. The Kier molecular flexibility index (Phi) is 6.51. The molecule has 154 valence electrons. The molecule has 1 aromatic heterocycles. The van der Waals surface area contributed by atoms with Crippen molar-refractivity contribution in [3.05, 3.63) is 41.2 Å². The zero-order valence-corrected chi connectivity index (χ0v) is 17.8. The predicted molar refractivity (Wildman–Crippen MR) is 108 cm³/mol. The van der Waals surface area contributed by atoms with E-state index in [4.69, 9.17) is 10.5 Å². The van der Waals surface area contributed by atoms with Crippen LogP contribution in [0.25, 0.3) is 0 Å². The summed E-state index contributed by atoms with van der Waals surface area (Å²) in [4.78, 5) is 16.5. The van der Waals surface area contributed by atoms with Gasteiger partial charge in [0.25, 0.3) is 0 Å². The Labute approximate surface area is 166 Å². The summed E-state index contributed by atoms with van der Waals surface area (Å²) in [6.45, 7) is 9.26. The zero-order valence-electron chi connectivity index (χ0n) is 16.9. The Morgan fingerprint density at radius 2 is 1.82 bits per heavy atom. The van der Waals surface area contributed by atoms with Crippen LogP contribution in [0.5, 0.6) is 0 Å². The molecule has 0 aliphatic rings. The molecule has 28 heavy (non-hydrogen) atoms. The summed E-state index contributed by atoms with van der Waals surface area (Å²) in [5.74, 6) is 0.0417. The second-order valence-electron chi connectivity index (χ2n) is 7.77. The lowest BCUT2D eigenvalue weighted by molar-refractivity contribution is 0.0540. The first-order chi connectivity index (χ1) is 12.9. The molecule has 0 spiro atoms. The third kappa shape index (κ3) is 6.07. The molecular formula is C19H28N4O4S. The largest absolute Gasteiger partial charge is 0.443 e. The summed E-state index contributed by atoms with van der Waals surface area (Å²) < 4.78 is 33.8. The van der Waals surface area contributed by atoms with Crippen LogP contribution in [0.1, 0.15) is 44.0 Å². The number of rotatable bonds is 6. The molecule has 0 bridgehead atoms. The van der Waals surface area contributed by atoms with E-state index in [1.54, 1.807) is 32.9 Å². The number of benzene rings is 1. The molecule has 9 heteroatoms. The van der Waals surface area contributed by atoms with E-state index in [0.717, 1.165) is 15.7 Å². The number of hydrogen-bond acceptors (Lipinski definition) is 6. The average molecular weight is 409 g/mol. The van der Waals surface area contributed by atoms with Gasteiger partial charge < -0.3 is 10.5 Å². The summed E-state index contributed by atoms with van der Waals surface area (Å²) in [7, 11) is -3.57. The predicted octanol–water partition coefficient (Wildman–Crippen LogP) is 2.78. The second kappa shape index (κ2) is 8.32. The van der Waals surface area contributed by atoms with E-state index in [9.17, 15) is 13.2 Å². The number of imidazole rings is 1. The lowest BCUT2D eigenvalue weighted by Crippen LogP contribution is -2.27. The summed E-state index contributed by atoms with van der Waals surface area (Å²) in [5, 5.41) is 0. The number of nitrogens with one attached hydrogen (secondary N) is 1. The molecule has 0 amide bonds. The zero-order chi connectivity index (χ0) is 21.1. The summed E-state index contributed by atoms with van der Waals surface area (Å²) in [6.07, 6.45) is 1.89. The van der Waals surface area contributed by atoms with E-state index in [1.165, 1.54) is 6.20 Å². The van der Waals surface area contributed by atoms with Gasteiger partial charge in [0.1, 0.15) is 5.60 Å². The summed E-state index contributed by atoms with van der Waals surface area (Å²) in [5.41, 5.74) is 7.52. The van der Waals surface area contributed by atoms with Crippen molar-refractivity contribution in [2.45, 2.75) is 58.0 Å². The Balaban J connectivity index is 1.93. The van der Waals surface area contributed by atoms with Gasteiger partial charge in [-0.15, -0.1) is 0 Å². The number of aromatic nitrogens is 2. The number of carbonyl (C=O) groups is 1. The van der Waals surface area contributed by atoms with E-state index in [-0.39, 0.29) is 17.4 Å². The highest BCUT2D eigenvalue weighted by Gasteiger charge is 2.20. The van der Waals surface area contributed by atoms with E-state index < -0.39 is 21.7 Å². The molecule has 1 aromatic carbocycles. The minimum Gasteiger partial charge on any atom is -0.443 e. The fourth-order valence-corrected chi connectivity index (χ4v) is 3.93. The van der Waals surface area contributed by atoms with Gasteiger partial charge in [-0.1, -0.05) is 6.07 Å². The molecule has 0 saturated carbocycles. The van der Waals surface area contributed by atoms with Gasteiger partial charge in [0.15, 0.2) is 0 Å². The average Bonchev–Trinajstić information content (AvgIpc) is 2.90. The van der Waals surface area contributed by atoms with Crippen LogP contribution in [0.2, 0.25) is 0 Å². The Morgan fingerprint density at radius 3 is 2.39 bits per heavy atom. The number of carbonyl (C=O) groups excluding carboxylic acids is 1. The number of nitrogens with zero attached hydrogens (tertiary/aromatic N) is 2. The van der Waals surface area contributed by atoms with Crippen molar-refractivity contribution in [1.29, 1.82) is 0 Å². The number of ether oxygens (including phenoxy) is 1. The highest BCUT2D eigenvalue weighted by molar-refractivity contribution is 7.89. The SMILES string of the molecule is Cc1cc(C)cc(S(=O)(=O)NCCCc2cn(C(=O)OC(C)(C)C)c(N)n2)c1. The Bertz CT molecular complexity index is 939. The van der Waals surface area contributed by atoms with E-state index >= 15 is 0 Å². The molecule has 0 saturated heterocycles. The maximum Gasteiger partial charge on any atom is 0.421 e. The van der Waals surface area contributed by atoms with Crippen LogP contribution in [0.4, 0.5) is 10.7 Å². The lowest BCUT2D eigenvalue weighted by atomic mass is 10.2. The first-order valence-electron chi connectivity index (χ1n) is 9.02. The van der Waals surface area contributed by atoms with Crippen molar-refractivity contribution in [1.82, 2.24) is 14.3 Å². The molecule has 2 rings (SSSR count).